The van der Waals surface area contributed by atoms with Gasteiger partial charge in [0.1, 0.15) is 36.6 Å². The number of hydrogen-bond donors (Lipinski definition) is 10. The molecule has 4 aromatic rings. The summed E-state index contributed by atoms with van der Waals surface area (Å²) < 4.78 is 81.3. The number of aryl methyl sites for hydroxylation is 1. The SMILES string of the molecule is COCCO[C@@H]1C(O)[C@H]([n+]2cn(C)c3c(=O)[nH]c(N)nc32)O[C@@H]1COP(=O)(O)OP(=O)(O)OP(=O)(O)OC[C@H]1O[C@@H](n2cnc3c(=O)[nH]c(N)nc32)C(O)[C@H]1O. The number of imidazole rings is 2. The number of nitrogens with two attached hydrogens (primary N) is 2. The van der Waals surface area contributed by atoms with Crippen molar-refractivity contribution in [2.75, 3.05) is 45.0 Å². The molecule has 0 bridgehead atoms. The number of nitrogens with zero attached hydrogens (tertiary/aromatic N) is 6. The summed E-state index contributed by atoms with van der Waals surface area (Å²) in [6, 6.07) is 0. The van der Waals surface area contributed by atoms with Gasteiger partial charge in [-0.15, -0.1) is 0 Å². The maximum absolute atomic E-state index is 12.8. The molecule has 310 valence electrons. The number of hydrogen-bond acceptors (Lipinski definition) is 21. The molecule has 0 saturated carbocycles. The molecule has 32 heteroatoms. The van der Waals surface area contributed by atoms with Crippen LogP contribution in [-0.2, 0) is 57.4 Å². The predicted molar refractivity (Wildman–Crippen MR) is 180 cm³/mol. The number of aliphatic hydroxyl groups is 3. The number of aromatic amines is 2. The van der Waals surface area contributed by atoms with E-state index in [0.717, 1.165) is 10.9 Å². The molecule has 2 saturated heterocycles. The molecular formula is C24H36N10O19P3+. The topological polar surface area (TPSA) is 417 Å². The van der Waals surface area contributed by atoms with Gasteiger partial charge >= 0.3 is 29.1 Å². The number of nitrogens with one attached hydrogen (secondary N) is 2. The number of ether oxygens (including phenoxy) is 4. The van der Waals surface area contributed by atoms with Gasteiger partial charge in [0.15, 0.2) is 23.7 Å². The van der Waals surface area contributed by atoms with E-state index in [1.165, 1.54) is 29.6 Å². The number of phosphoric ester groups is 2. The normalized spacial score (nSPS) is 28.8. The van der Waals surface area contributed by atoms with Crippen molar-refractivity contribution in [1.29, 1.82) is 0 Å². The minimum atomic E-state index is -6.01. The summed E-state index contributed by atoms with van der Waals surface area (Å²) in [5.74, 6) is -0.561. The average molecular weight is 862 g/mol. The van der Waals surface area contributed by atoms with Crippen molar-refractivity contribution in [2.24, 2.45) is 7.05 Å². The molecule has 2 aliphatic rings. The van der Waals surface area contributed by atoms with Crippen LogP contribution in [0.25, 0.3) is 22.3 Å². The largest absolute Gasteiger partial charge is 0.490 e. The highest BCUT2D eigenvalue weighted by Gasteiger charge is 2.51. The van der Waals surface area contributed by atoms with Gasteiger partial charge in [0, 0.05) is 7.11 Å². The second kappa shape index (κ2) is 16.0. The molecule has 5 unspecified atom stereocenters. The summed E-state index contributed by atoms with van der Waals surface area (Å²) in [4.78, 5) is 71.5. The molecule has 0 radical (unpaired) electrons. The lowest BCUT2D eigenvalue weighted by Crippen LogP contribution is -2.46. The summed E-state index contributed by atoms with van der Waals surface area (Å²) in [7, 11) is -14.5. The summed E-state index contributed by atoms with van der Waals surface area (Å²) >= 11 is 0. The molecule has 6 rings (SSSR count). The van der Waals surface area contributed by atoms with E-state index in [1.54, 1.807) is 0 Å². The third-order valence-corrected chi connectivity index (χ3v) is 12.5. The highest BCUT2D eigenvalue weighted by Crippen LogP contribution is 2.67. The molecule has 6 heterocycles. The lowest BCUT2D eigenvalue weighted by atomic mass is 10.1. The maximum Gasteiger partial charge on any atom is 0.490 e. The average Bonchev–Trinajstić information content (AvgIpc) is 3.81. The van der Waals surface area contributed by atoms with E-state index < -0.39 is 96.9 Å². The van der Waals surface area contributed by atoms with Gasteiger partial charge < -0.3 is 60.4 Å². The standard InChI is InChI=1S/C24H35N10O19P3/c1-32-8-34(18-12(32)20(39)31-24(26)29-18)22-15(37)16(47-4-3-46-2)10(51-22)6-49-55(42,43)53-56(44,45)52-54(40,41)48-5-9-13(35)14(36)21(50-9)33-7-27-11-17(33)28-23(25)30-19(11)38/h7-10,13-16,21-22,35-37H,3-6H2,1-2H3,(H8-,25,26,28,29,30,31,38,39,40,41,42,43,44,45)/p+1/t9-,10-,13+,14?,15?,16+,21-,22-/m1/s1. The van der Waals surface area contributed by atoms with E-state index >= 15 is 0 Å². The number of phosphoric acid groups is 3. The van der Waals surface area contributed by atoms with Crippen molar-refractivity contribution in [1.82, 2.24) is 34.1 Å². The Kier molecular flexibility index (Phi) is 12.0. The molecule has 56 heavy (non-hydrogen) atoms. The maximum atomic E-state index is 12.8. The molecule has 12 N–H and O–H groups in total. The molecule has 0 aliphatic carbocycles. The van der Waals surface area contributed by atoms with E-state index in [9.17, 15) is 53.3 Å². The van der Waals surface area contributed by atoms with Crippen molar-refractivity contribution >= 4 is 57.7 Å². The highest BCUT2D eigenvalue weighted by molar-refractivity contribution is 7.66. The molecule has 0 spiro atoms. The molecular weight excluding hydrogens is 825 g/mol. The molecule has 2 fully saturated rings. The highest BCUT2D eigenvalue weighted by atomic mass is 31.3. The molecule has 2 aliphatic heterocycles. The van der Waals surface area contributed by atoms with Gasteiger partial charge in [-0.3, -0.25) is 37.7 Å². The van der Waals surface area contributed by atoms with E-state index in [1.807, 2.05) is 0 Å². The summed E-state index contributed by atoms with van der Waals surface area (Å²) in [5.41, 5.74) is 9.61. The quantitative estimate of drug-likeness (QED) is 0.0293. The van der Waals surface area contributed by atoms with Gasteiger partial charge in [-0.25, -0.2) is 23.2 Å². The number of H-pyrrole nitrogens is 2. The van der Waals surface area contributed by atoms with Crippen LogP contribution in [0.15, 0.2) is 22.2 Å². The Hall–Kier alpha value is -3.57. The number of fused-ring (bicyclic) bond motifs is 2. The zero-order chi connectivity index (χ0) is 40.9. The Labute approximate surface area is 311 Å². The second-order valence-corrected chi connectivity index (χ2v) is 16.8. The van der Waals surface area contributed by atoms with Crippen molar-refractivity contribution in [3.63, 3.8) is 0 Å². The predicted octanol–water partition coefficient (Wildman–Crippen LogP) is -3.88. The van der Waals surface area contributed by atoms with E-state index in [4.69, 9.17) is 34.9 Å². The van der Waals surface area contributed by atoms with Crippen LogP contribution in [0.2, 0.25) is 0 Å². The minimum absolute atomic E-state index is 0.0160. The van der Waals surface area contributed by atoms with Crippen LogP contribution in [-0.4, -0.2) is 134 Å². The Bertz CT molecular complexity index is 2350. The monoisotopic (exact) mass is 861 g/mol. The fourth-order valence-corrected chi connectivity index (χ4v) is 9.42. The number of aliphatic hydroxyl groups excluding tert-OH is 3. The summed E-state index contributed by atoms with van der Waals surface area (Å²) in [6.07, 6.45) is -9.97. The first-order valence-electron chi connectivity index (χ1n) is 15.8. The van der Waals surface area contributed by atoms with E-state index in [2.05, 4.69) is 38.1 Å². The van der Waals surface area contributed by atoms with E-state index in [-0.39, 0.29) is 47.4 Å². The van der Waals surface area contributed by atoms with Gasteiger partial charge in [0.05, 0.1) is 39.8 Å². The number of rotatable bonds is 16. The summed E-state index contributed by atoms with van der Waals surface area (Å²) in [5, 5.41) is 32.2. The Balaban J connectivity index is 1.08. The number of nitrogen functional groups attached to an aromatic ring is 2. The van der Waals surface area contributed by atoms with Crippen molar-refractivity contribution < 1.29 is 84.9 Å². The van der Waals surface area contributed by atoms with Gasteiger partial charge in [-0.1, -0.05) is 4.98 Å². The first-order chi connectivity index (χ1) is 26.2. The first-order valence-corrected chi connectivity index (χ1v) is 20.3. The number of anilines is 2. The number of methoxy groups -OCH3 is 1. The van der Waals surface area contributed by atoms with E-state index in [0.29, 0.717) is 0 Å². The minimum Gasteiger partial charge on any atom is -0.387 e. The Morgan fingerprint density at radius 1 is 0.875 bits per heavy atom. The van der Waals surface area contributed by atoms with Crippen LogP contribution in [0.3, 0.4) is 0 Å². The second-order valence-electron chi connectivity index (χ2n) is 12.1. The number of aromatic nitrogens is 8. The summed E-state index contributed by atoms with van der Waals surface area (Å²) in [6.45, 7) is -2.14. The Morgan fingerprint density at radius 3 is 2.16 bits per heavy atom. The smallest absolute Gasteiger partial charge is 0.387 e. The van der Waals surface area contributed by atoms with Gasteiger partial charge in [-0.05, 0) is 0 Å². The van der Waals surface area contributed by atoms with Crippen LogP contribution in [0.1, 0.15) is 12.5 Å². The van der Waals surface area contributed by atoms with Crippen molar-refractivity contribution in [2.45, 2.75) is 49.1 Å². The lowest BCUT2D eigenvalue weighted by Gasteiger charge is -2.22. The third-order valence-electron chi connectivity index (χ3n) is 8.25. The van der Waals surface area contributed by atoms with Gasteiger partial charge in [0.2, 0.25) is 17.7 Å². The Morgan fingerprint density at radius 2 is 1.50 bits per heavy atom. The van der Waals surface area contributed by atoms with Crippen molar-refractivity contribution in [3.05, 3.63) is 33.4 Å². The van der Waals surface area contributed by atoms with Crippen LogP contribution < -0.4 is 27.2 Å². The van der Waals surface area contributed by atoms with Gasteiger partial charge in [-0.2, -0.15) is 13.6 Å². The molecule has 4 aromatic heterocycles. The fourth-order valence-electron chi connectivity index (χ4n) is 5.90. The van der Waals surface area contributed by atoms with Crippen LogP contribution in [0, 0.1) is 0 Å². The zero-order valence-electron chi connectivity index (χ0n) is 28.8. The molecule has 29 nitrogen and oxygen atoms in total. The fraction of sp³-hybridized carbons (Fsp3) is 0.583. The molecule has 11 atom stereocenters. The van der Waals surface area contributed by atoms with Gasteiger partial charge in [0.25, 0.3) is 17.1 Å². The lowest BCUT2D eigenvalue weighted by molar-refractivity contribution is -0.745. The third kappa shape index (κ3) is 8.79. The first kappa shape index (κ1) is 42.0. The van der Waals surface area contributed by atoms with Crippen LogP contribution >= 0.6 is 23.5 Å². The van der Waals surface area contributed by atoms with Crippen molar-refractivity contribution in [3.8, 4) is 0 Å². The van der Waals surface area contributed by atoms with Crippen LogP contribution in [0.4, 0.5) is 11.9 Å². The van der Waals surface area contributed by atoms with Crippen LogP contribution in [0.5, 0.6) is 0 Å². The molecule has 0 amide bonds. The molecule has 0 aromatic carbocycles. The zero-order valence-corrected chi connectivity index (χ0v) is 31.5.